The second-order valence-electron chi connectivity index (χ2n) is 15.3. The van der Waals surface area contributed by atoms with Crippen LogP contribution in [-0.2, 0) is 0 Å². The van der Waals surface area contributed by atoms with E-state index < -0.39 is 0 Å². The minimum absolute atomic E-state index is 0.0187. The predicted octanol–water partition coefficient (Wildman–Crippen LogP) is 12.8. The van der Waals surface area contributed by atoms with Crippen LogP contribution >= 0.6 is 0 Å². The minimum Gasteiger partial charge on any atom is -0.454 e. The highest BCUT2D eigenvalue weighted by Gasteiger charge is 2.44. The van der Waals surface area contributed by atoms with Gasteiger partial charge in [0.2, 0.25) is 0 Å². The van der Waals surface area contributed by atoms with E-state index in [0.717, 1.165) is 72.9 Å². The van der Waals surface area contributed by atoms with Crippen LogP contribution in [-0.4, -0.2) is 6.71 Å². The summed E-state index contributed by atoms with van der Waals surface area (Å²) in [5, 5.41) is 2.17. The lowest BCUT2D eigenvalue weighted by Gasteiger charge is -2.45. The van der Waals surface area contributed by atoms with Gasteiger partial charge in [-0.1, -0.05) is 146 Å². The zero-order chi connectivity index (χ0) is 38.9. The van der Waals surface area contributed by atoms with Crippen LogP contribution in [0.4, 0.5) is 51.2 Å². The van der Waals surface area contributed by atoms with Crippen molar-refractivity contribution < 1.29 is 4.42 Å². The Kier molecular flexibility index (Phi) is 7.60. The molecule has 276 valence electrons. The van der Waals surface area contributed by atoms with Crippen LogP contribution in [0, 0.1) is 0 Å². The lowest BCUT2D eigenvalue weighted by Crippen LogP contribution is -2.61. The average molecular weight is 754 g/mol. The van der Waals surface area contributed by atoms with Crippen LogP contribution < -0.4 is 31.1 Å². The van der Waals surface area contributed by atoms with Gasteiger partial charge in [0.05, 0.1) is 11.4 Å². The molecule has 0 saturated carbocycles. The summed E-state index contributed by atoms with van der Waals surface area (Å²) in [7, 11) is 0. The van der Waals surface area contributed by atoms with Crippen molar-refractivity contribution in [1.29, 1.82) is 0 Å². The lowest BCUT2D eigenvalue weighted by atomic mass is 9.33. The molecule has 0 amide bonds. The molecule has 0 unspecified atom stereocenters. The maximum absolute atomic E-state index is 6.98. The fourth-order valence-electron chi connectivity index (χ4n) is 9.55. The fourth-order valence-corrected chi connectivity index (χ4v) is 9.55. The van der Waals surface area contributed by atoms with Crippen molar-refractivity contribution in [1.82, 2.24) is 0 Å². The van der Waals surface area contributed by atoms with Gasteiger partial charge in [0.15, 0.2) is 5.58 Å². The number of benzene rings is 9. The van der Waals surface area contributed by atoms with Crippen LogP contribution in [0.15, 0.2) is 223 Å². The Bertz CT molecular complexity index is 3070. The lowest BCUT2D eigenvalue weighted by molar-refractivity contribution is 0.669. The van der Waals surface area contributed by atoms with Gasteiger partial charge >= 0.3 is 0 Å². The molecule has 0 N–H and O–H groups in total. The highest BCUT2D eigenvalue weighted by molar-refractivity contribution is 7.00. The predicted molar refractivity (Wildman–Crippen MR) is 248 cm³/mol. The van der Waals surface area contributed by atoms with Crippen molar-refractivity contribution >= 4 is 96.2 Å². The minimum atomic E-state index is 0.0187. The van der Waals surface area contributed by atoms with Crippen LogP contribution in [0.3, 0.4) is 0 Å². The largest absolute Gasteiger partial charge is 0.454 e. The highest BCUT2D eigenvalue weighted by atomic mass is 16.3. The number of anilines is 9. The van der Waals surface area contributed by atoms with Crippen molar-refractivity contribution in [3.05, 3.63) is 218 Å². The number of hydrogen-bond donors (Lipinski definition) is 0. The van der Waals surface area contributed by atoms with Gasteiger partial charge in [-0.15, -0.1) is 0 Å². The van der Waals surface area contributed by atoms with Crippen molar-refractivity contribution in [3.63, 3.8) is 0 Å². The van der Waals surface area contributed by atoms with E-state index in [1.165, 1.54) is 27.8 Å². The summed E-state index contributed by atoms with van der Waals surface area (Å²) < 4.78 is 6.98. The summed E-state index contributed by atoms with van der Waals surface area (Å²) >= 11 is 0. The number of rotatable bonds is 6. The van der Waals surface area contributed by atoms with Gasteiger partial charge in [-0.25, -0.2) is 0 Å². The van der Waals surface area contributed by atoms with Gasteiger partial charge in [-0.2, -0.15) is 0 Å². The number of para-hydroxylation sites is 6. The summed E-state index contributed by atoms with van der Waals surface area (Å²) in [6, 6.07) is 78.6. The molecular formula is C54H36BN3O. The third kappa shape index (κ3) is 5.18. The molecule has 0 spiro atoms. The van der Waals surface area contributed by atoms with Crippen molar-refractivity contribution in [3.8, 4) is 11.1 Å². The quantitative estimate of drug-likeness (QED) is 0.158. The third-order valence-electron chi connectivity index (χ3n) is 12.0. The van der Waals surface area contributed by atoms with Gasteiger partial charge in [0.1, 0.15) is 5.58 Å². The first kappa shape index (κ1) is 33.4. The van der Waals surface area contributed by atoms with E-state index in [4.69, 9.17) is 4.42 Å². The molecule has 12 rings (SSSR count). The Morgan fingerprint density at radius 1 is 0.407 bits per heavy atom. The molecule has 10 aromatic rings. The molecule has 59 heavy (non-hydrogen) atoms. The molecule has 2 aliphatic heterocycles. The van der Waals surface area contributed by atoms with Crippen LogP contribution in [0.2, 0.25) is 0 Å². The van der Waals surface area contributed by atoms with E-state index in [1.807, 2.05) is 6.07 Å². The van der Waals surface area contributed by atoms with E-state index in [2.05, 4.69) is 227 Å². The van der Waals surface area contributed by atoms with Gasteiger partial charge < -0.3 is 19.1 Å². The Morgan fingerprint density at radius 3 is 1.53 bits per heavy atom. The molecular weight excluding hydrogens is 717 g/mol. The van der Waals surface area contributed by atoms with E-state index >= 15 is 0 Å². The zero-order valence-electron chi connectivity index (χ0n) is 32.1. The molecule has 0 fully saturated rings. The van der Waals surface area contributed by atoms with E-state index in [1.54, 1.807) is 0 Å². The Balaban J connectivity index is 1.24. The van der Waals surface area contributed by atoms with Gasteiger partial charge in [0, 0.05) is 56.1 Å². The summed E-state index contributed by atoms with van der Waals surface area (Å²) in [5.74, 6) is 0. The molecule has 0 saturated heterocycles. The van der Waals surface area contributed by atoms with Crippen molar-refractivity contribution in [2.24, 2.45) is 0 Å². The monoisotopic (exact) mass is 753 g/mol. The van der Waals surface area contributed by atoms with E-state index in [0.29, 0.717) is 0 Å². The molecule has 4 nitrogen and oxygen atoms in total. The first-order valence-corrected chi connectivity index (χ1v) is 20.2. The fraction of sp³-hybridized carbons (Fsp3) is 0. The standard InChI is InChI=1S/C54H36BN3O/c1-5-19-37(20-6-1)42-33-34-44-43-27-13-18-32-51(43)59-54(44)53(42)56(38-21-7-2-8-22-38)41-35-49-52-50(36-41)58(40-25-11-4-12-26-40)48-31-17-15-29-46(48)55(52)45-28-14-16-30-47(45)57(49)39-23-9-3-10-24-39/h1-36H. The summed E-state index contributed by atoms with van der Waals surface area (Å²) in [6.07, 6.45) is 0. The molecule has 0 radical (unpaired) electrons. The Morgan fingerprint density at radius 2 is 0.915 bits per heavy atom. The maximum Gasteiger partial charge on any atom is 0.252 e. The van der Waals surface area contributed by atoms with Crippen LogP contribution in [0.1, 0.15) is 0 Å². The van der Waals surface area contributed by atoms with E-state index in [-0.39, 0.29) is 6.71 Å². The average Bonchev–Trinajstić information content (AvgIpc) is 3.69. The Labute approximate surface area is 343 Å². The molecule has 2 aliphatic rings. The van der Waals surface area contributed by atoms with Gasteiger partial charge in [0.25, 0.3) is 6.71 Å². The molecule has 3 heterocycles. The van der Waals surface area contributed by atoms with Gasteiger partial charge in [-0.3, -0.25) is 0 Å². The Hall–Kier alpha value is -7.76. The normalized spacial score (nSPS) is 12.6. The number of hydrogen-bond acceptors (Lipinski definition) is 4. The van der Waals surface area contributed by atoms with Crippen LogP contribution in [0.25, 0.3) is 33.1 Å². The third-order valence-corrected chi connectivity index (χ3v) is 12.0. The number of fused-ring (bicyclic) bond motifs is 7. The first-order chi connectivity index (χ1) is 29.3. The SMILES string of the molecule is c1ccc(-c2ccc3c(oc4ccccc43)c2N(c2ccccc2)c2cc3c4c(c2)N(c2ccccc2)c2ccccc2B4c2ccccc2N3c2ccccc2)cc1. The molecule has 1 aromatic heterocycles. The second-order valence-corrected chi connectivity index (χ2v) is 15.3. The van der Waals surface area contributed by atoms with Crippen LogP contribution in [0.5, 0.6) is 0 Å². The second kappa shape index (κ2) is 13.4. The summed E-state index contributed by atoms with van der Waals surface area (Å²) in [6.45, 7) is 0.0187. The molecule has 9 aromatic carbocycles. The molecule has 0 atom stereocenters. The topological polar surface area (TPSA) is 22.9 Å². The summed E-state index contributed by atoms with van der Waals surface area (Å²) in [5.41, 5.74) is 17.7. The highest BCUT2D eigenvalue weighted by Crippen LogP contribution is 2.51. The molecule has 5 heteroatoms. The van der Waals surface area contributed by atoms with Gasteiger partial charge in [-0.05, 0) is 94.7 Å². The van der Waals surface area contributed by atoms with E-state index in [9.17, 15) is 0 Å². The number of nitrogens with zero attached hydrogens (tertiary/aromatic N) is 3. The van der Waals surface area contributed by atoms with Crippen molar-refractivity contribution in [2.45, 2.75) is 0 Å². The number of furan rings is 1. The summed E-state index contributed by atoms with van der Waals surface area (Å²) in [4.78, 5) is 7.36. The first-order valence-electron chi connectivity index (χ1n) is 20.2. The molecule has 0 bridgehead atoms. The van der Waals surface area contributed by atoms with Crippen molar-refractivity contribution in [2.75, 3.05) is 14.7 Å². The zero-order valence-corrected chi connectivity index (χ0v) is 32.1. The smallest absolute Gasteiger partial charge is 0.252 e. The maximum atomic E-state index is 6.98. The molecule has 0 aliphatic carbocycles.